The standard InChI is InChI=1S/C26H20F4N2O/c1-16-14-22(17(2)32(16)24-9-4-3-8-23(24)26(28,29)30)25(33)31-21-7-5-6-19(15-21)18-10-12-20(27)13-11-18/h3-15H,1-2H3,(H,31,33). The minimum Gasteiger partial charge on any atom is -0.322 e. The van der Waals surface area contributed by atoms with Crippen molar-refractivity contribution in [2.24, 2.45) is 0 Å². The van der Waals surface area contributed by atoms with E-state index < -0.39 is 17.6 Å². The number of para-hydroxylation sites is 1. The lowest BCUT2D eigenvalue weighted by Gasteiger charge is -2.17. The fourth-order valence-corrected chi connectivity index (χ4v) is 3.89. The van der Waals surface area contributed by atoms with E-state index in [1.54, 1.807) is 50.2 Å². The summed E-state index contributed by atoms with van der Waals surface area (Å²) in [5, 5.41) is 2.81. The fourth-order valence-electron chi connectivity index (χ4n) is 3.89. The van der Waals surface area contributed by atoms with Crippen LogP contribution >= 0.6 is 0 Å². The van der Waals surface area contributed by atoms with Gasteiger partial charge in [0, 0.05) is 17.1 Å². The number of aromatic nitrogens is 1. The molecule has 1 heterocycles. The molecule has 33 heavy (non-hydrogen) atoms. The Kier molecular flexibility index (Phi) is 5.80. The topological polar surface area (TPSA) is 34.0 Å². The lowest BCUT2D eigenvalue weighted by Crippen LogP contribution is -2.15. The molecule has 0 unspecified atom stereocenters. The highest BCUT2D eigenvalue weighted by molar-refractivity contribution is 6.05. The second kappa shape index (κ2) is 8.58. The van der Waals surface area contributed by atoms with Gasteiger partial charge in [-0.05, 0) is 67.4 Å². The maximum atomic E-state index is 13.5. The highest BCUT2D eigenvalue weighted by Gasteiger charge is 2.34. The van der Waals surface area contributed by atoms with E-state index >= 15 is 0 Å². The number of nitrogens with zero attached hydrogens (tertiary/aromatic N) is 1. The highest BCUT2D eigenvalue weighted by Crippen LogP contribution is 2.35. The fraction of sp³-hybridized carbons (Fsp3) is 0.115. The Hall–Kier alpha value is -3.87. The number of benzene rings is 3. The van der Waals surface area contributed by atoms with Crippen LogP contribution in [0, 0.1) is 19.7 Å². The SMILES string of the molecule is Cc1cc(C(=O)Nc2cccc(-c3ccc(F)cc3)c2)c(C)n1-c1ccccc1C(F)(F)F. The van der Waals surface area contributed by atoms with Gasteiger partial charge in [0.15, 0.2) is 0 Å². The molecule has 0 fully saturated rings. The normalized spacial score (nSPS) is 11.5. The molecular formula is C26H20F4N2O. The molecule has 3 nitrogen and oxygen atoms in total. The molecule has 1 N–H and O–H groups in total. The molecule has 0 atom stereocenters. The molecule has 0 radical (unpaired) electrons. The van der Waals surface area contributed by atoms with E-state index in [0.717, 1.165) is 17.2 Å². The van der Waals surface area contributed by atoms with Gasteiger partial charge in [-0.2, -0.15) is 13.2 Å². The third-order valence-corrected chi connectivity index (χ3v) is 5.42. The number of amides is 1. The van der Waals surface area contributed by atoms with Crippen molar-refractivity contribution in [3.63, 3.8) is 0 Å². The van der Waals surface area contributed by atoms with Gasteiger partial charge in [0.05, 0.1) is 16.8 Å². The number of aryl methyl sites for hydroxylation is 1. The smallest absolute Gasteiger partial charge is 0.322 e. The predicted molar refractivity (Wildman–Crippen MR) is 120 cm³/mol. The molecule has 0 spiro atoms. The average Bonchev–Trinajstić information content (AvgIpc) is 3.08. The first-order valence-corrected chi connectivity index (χ1v) is 10.2. The number of nitrogens with one attached hydrogen (secondary N) is 1. The summed E-state index contributed by atoms with van der Waals surface area (Å²) in [4.78, 5) is 13.0. The van der Waals surface area contributed by atoms with Crippen LogP contribution in [0.3, 0.4) is 0 Å². The van der Waals surface area contributed by atoms with Crippen molar-refractivity contribution in [1.82, 2.24) is 4.57 Å². The molecule has 0 aliphatic heterocycles. The zero-order chi connectivity index (χ0) is 23.8. The van der Waals surface area contributed by atoms with Crippen molar-refractivity contribution in [2.75, 3.05) is 5.32 Å². The zero-order valence-corrected chi connectivity index (χ0v) is 17.9. The van der Waals surface area contributed by atoms with Gasteiger partial charge in [-0.1, -0.05) is 36.4 Å². The zero-order valence-electron chi connectivity index (χ0n) is 17.9. The van der Waals surface area contributed by atoms with E-state index in [4.69, 9.17) is 0 Å². The van der Waals surface area contributed by atoms with Crippen molar-refractivity contribution >= 4 is 11.6 Å². The Morgan fingerprint density at radius 2 is 1.55 bits per heavy atom. The number of anilines is 1. The second-order valence-corrected chi connectivity index (χ2v) is 7.68. The summed E-state index contributed by atoms with van der Waals surface area (Å²) in [5.74, 6) is -0.777. The monoisotopic (exact) mass is 452 g/mol. The maximum absolute atomic E-state index is 13.5. The molecule has 1 aromatic heterocycles. The molecule has 1 amide bonds. The Morgan fingerprint density at radius 3 is 2.24 bits per heavy atom. The summed E-state index contributed by atoms with van der Waals surface area (Å²) in [6.45, 7) is 3.27. The Labute approximate surface area is 188 Å². The van der Waals surface area contributed by atoms with E-state index in [1.807, 2.05) is 6.07 Å². The van der Waals surface area contributed by atoms with Crippen LogP contribution in [0.5, 0.6) is 0 Å². The summed E-state index contributed by atoms with van der Waals surface area (Å²) >= 11 is 0. The van der Waals surface area contributed by atoms with Gasteiger partial charge in [0.2, 0.25) is 0 Å². The summed E-state index contributed by atoms with van der Waals surface area (Å²) in [6, 6.07) is 19.9. The Balaban J connectivity index is 1.66. The summed E-state index contributed by atoms with van der Waals surface area (Å²) in [6.07, 6.45) is -4.52. The van der Waals surface area contributed by atoms with Crippen LogP contribution in [0.15, 0.2) is 78.9 Å². The van der Waals surface area contributed by atoms with E-state index in [1.165, 1.54) is 34.9 Å². The minimum atomic E-state index is -4.52. The molecule has 168 valence electrons. The quantitative estimate of drug-likeness (QED) is 0.327. The lowest BCUT2D eigenvalue weighted by atomic mass is 10.0. The van der Waals surface area contributed by atoms with Crippen LogP contribution in [-0.4, -0.2) is 10.5 Å². The van der Waals surface area contributed by atoms with Gasteiger partial charge >= 0.3 is 6.18 Å². The van der Waals surface area contributed by atoms with Gasteiger partial charge in [0.1, 0.15) is 5.82 Å². The molecule has 7 heteroatoms. The van der Waals surface area contributed by atoms with Crippen molar-refractivity contribution < 1.29 is 22.4 Å². The van der Waals surface area contributed by atoms with Gasteiger partial charge < -0.3 is 9.88 Å². The number of carbonyl (C=O) groups is 1. The molecule has 4 rings (SSSR count). The molecule has 3 aromatic carbocycles. The highest BCUT2D eigenvalue weighted by atomic mass is 19.4. The first-order valence-electron chi connectivity index (χ1n) is 10.2. The lowest BCUT2D eigenvalue weighted by molar-refractivity contribution is -0.137. The van der Waals surface area contributed by atoms with Crippen molar-refractivity contribution in [3.05, 3.63) is 107 Å². The Morgan fingerprint density at radius 1 is 0.848 bits per heavy atom. The first kappa shape index (κ1) is 22.3. The molecule has 4 aromatic rings. The van der Waals surface area contributed by atoms with Gasteiger partial charge in [-0.3, -0.25) is 4.79 Å². The van der Waals surface area contributed by atoms with Gasteiger partial charge in [-0.15, -0.1) is 0 Å². The second-order valence-electron chi connectivity index (χ2n) is 7.68. The van der Waals surface area contributed by atoms with Crippen molar-refractivity contribution in [2.45, 2.75) is 20.0 Å². The maximum Gasteiger partial charge on any atom is 0.418 e. The molecule has 0 saturated heterocycles. The largest absolute Gasteiger partial charge is 0.418 e. The number of rotatable bonds is 4. The van der Waals surface area contributed by atoms with Crippen LogP contribution in [0.1, 0.15) is 27.3 Å². The van der Waals surface area contributed by atoms with Crippen molar-refractivity contribution in [1.29, 1.82) is 0 Å². The summed E-state index contributed by atoms with van der Waals surface area (Å²) < 4.78 is 55.3. The molecular weight excluding hydrogens is 432 g/mol. The van der Waals surface area contributed by atoms with Crippen LogP contribution < -0.4 is 5.32 Å². The molecule has 0 saturated carbocycles. The third-order valence-electron chi connectivity index (χ3n) is 5.42. The average molecular weight is 452 g/mol. The number of alkyl halides is 3. The summed E-state index contributed by atoms with van der Waals surface area (Å²) in [5.41, 5.74) is 2.47. The van der Waals surface area contributed by atoms with E-state index in [2.05, 4.69) is 5.32 Å². The van der Waals surface area contributed by atoms with E-state index in [0.29, 0.717) is 17.1 Å². The number of carbonyl (C=O) groups excluding carboxylic acids is 1. The van der Waals surface area contributed by atoms with Crippen LogP contribution in [-0.2, 0) is 6.18 Å². The third kappa shape index (κ3) is 4.53. The minimum absolute atomic E-state index is 0.0302. The van der Waals surface area contributed by atoms with Crippen LogP contribution in [0.25, 0.3) is 16.8 Å². The number of halogens is 4. The van der Waals surface area contributed by atoms with Crippen LogP contribution in [0.2, 0.25) is 0 Å². The molecule has 0 aliphatic carbocycles. The van der Waals surface area contributed by atoms with E-state index in [-0.39, 0.29) is 17.1 Å². The van der Waals surface area contributed by atoms with Crippen LogP contribution in [0.4, 0.5) is 23.2 Å². The molecule has 0 aliphatic rings. The number of hydrogen-bond acceptors (Lipinski definition) is 1. The summed E-state index contributed by atoms with van der Waals surface area (Å²) in [7, 11) is 0. The van der Waals surface area contributed by atoms with Crippen molar-refractivity contribution in [3.8, 4) is 16.8 Å². The molecule has 0 bridgehead atoms. The van der Waals surface area contributed by atoms with Gasteiger partial charge in [0.25, 0.3) is 5.91 Å². The Bertz CT molecular complexity index is 1320. The first-order chi connectivity index (χ1) is 15.6. The van der Waals surface area contributed by atoms with Gasteiger partial charge in [-0.25, -0.2) is 4.39 Å². The predicted octanol–water partition coefficient (Wildman–Crippen LogP) is 7.17. The number of hydrogen-bond donors (Lipinski definition) is 1. The van der Waals surface area contributed by atoms with E-state index in [9.17, 15) is 22.4 Å².